The molecular formula is C19H33IN4O. The molecule has 6 heteroatoms. The monoisotopic (exact) mass is 460 g/mol. The van der Waals surface area contributed by atoms with Gasteiger partial charge in [-0.1, -0.05) is 37.3 Å². The van der Waals surface area contributed by atoms with Crippen LogP contribution in [0.2, 0.25) is 0 Å². The van der Waals surface area contributed by atoms with E-state index in [0.29, 0.717) is 12.6 Å². The number of rotatable bonds is 8. The predicted molar refractivity (Wildman–Crippen MR) is 116 cm³/mol. The SMILES string of the molecule is CCNC(=NCC(C)CO)NCC(c1ccccc1)N1CCCC1.I. The molecule has 1 fully saturated rings. The summed E-state index contributed by atoms with van der Waals surface area (Å²) in [7, 11) is 0. The Morgan fingerprint density at radius 2 is 1.88 bits per heavy atom. The molecule has 0 spiro atoms. The van der Waals surface area contributed by atoms with Crippen molar-refractivity contribution in [2.75, 3.05) is 39.3 Å². The van der Waals surface area contributed by atoms with Crippen LogP contribution in [0.15, 0.2) is 35.3 Å². The van der Waals surface area contributed by atoms with E-state index in [0.717, 1.165) is 32.1 Å². The topological polar surface area (TPSA) is 59.9 Å². The number of guanidine groups is 1. The number of nitrogens with one attached hydrogen (secondary N) is 2. The number of aliphatic hydroxyl groups excluding tert-OH is 1. The van der Waals surface area contributed by atoms with E-state index in [1.807, 2.05) is 6.92 Å². The number of halogens is 1. The first-order valence-electron chi connectivity index (χ1n) is 9.16. The Balaban J connectivity index is 0.00000312. The summed E-state index contributed by atoms with van der Waals surface area (Å²) in [4.78, 5) is 7.15. The third-order valence-corrected chi connectivity index (χ3v) is 4.45. The first-order chi connectivity index (χ1) is 11.7. The zero-order valence-electron chi connectivity index (χ0n) is 15.4. The second-order valence-electron chi connectivity index (χ2n) is 6.56. The van der Waals surface area contributed by atoms with Crippen molar-refractivity contribution in [2.45, 2.75) is 32.7 Å². The number of hydrogen-bond acceptors (Lipinski definition) is 3. The van der Waals surface area contributed by atoms with Crippen LogP contribution in [0.4, 0.5) is 0 Å². The molecule has 1 saturated heterocycles. The van der Waals surface area contributed by atoms with Crippen LogP contribution in [-0.4, -0.2) is 55.3 Å². The molecule has 0 amide bonds. The van der Waals surface area contributed by atoms with Crippen molar-refractivity contribution in [1.82, 2.24) is 15.5 Å². The van der Waals surface area contributed by atoms with E-state index >= 15 is 0 Å². The molecule has 0 saturated carbocycles. The Kier molecular flexibility index (Phi) is 11.1. The molecule has 1 aromatic rings. The molecule has 1 aliphatic rings. The third kappa shape index (κ3) is 7.50. The molecule has 5 nitrogen and oxygen atoms in total. The van der Waals surface area contributed by atoms with Gasteiger partial charge in [0.15, 0.2) is 5.96 Å². The highest BCUT2D eigenvalue weighted by Gasteiger charge is 2.23. The largest absolute Gasteiger partial charge is 0.396 e. The van der Waals surface area contributed by atoms with Gasteiger partial charge in [0.05, 0.1) is 6.04 Å². The zero-order valence-corrected chi connectivity index (χ0v) is 17.8. The van der Waals surface area contributed by atoms with E-state index in [4.69, 9.17) is 0 Å². The maximum atomic E-state index is 9.17. The van der Waals surface area contributed by atoms with Crippen molar-refractivity contribution in [1.29, 1.82) is 0 Å². The van der Waals surface area contributed by atoms with Crippen LogP contribution in [0.3, 0.4) is 0 Å². The van der Waals surface area contributed by atoms with Crippen molar-refractivity contribution in [3.05, 3.63) is 35.9 Å². The van der Waals surface area contributed by atoms with Gasteiger partial charge in [-0.05, 0) is 44.3 Å². The lowest BCUT2D eigenvalue weighted by molar-refractivity contribution is 0.240. The van der Waals surface area contributed by atoms with Crippen LogP contribution in [0.5, 0.6) is 0 Å². The third-order valence-electron chi connectivity index (χ3n) is 4.45. The van der Waals surface area contributed by atoms with Gasteiger partial charge in [0.2, 0.25) is 0 Å². The van der Waals surface area contributed by atoms with Crippen LogP contribution in [-0.2, 0) is 0 Å². The lowest BCUT2D eigenvalue weighted by Gasteiger charge is -2.29. The molecule has 2 unspecified atom stereocenters. The summed E-state index contributed by atoms with van der Waals surface area (Å²) in [6.07, 6.45) is 2.57. The normalized spacial score (nSPS) is 17.6. The predicted octanol–water partition coefficient (Wildman–Crippen LogP) is 2.63. The second-order valence-corrected chi connectivity index (χ2v) is 6.56. The van der Waals surface area contributed by atoms with E-state index < -0.39 is 0 Å². The van der Waals surface area contributed by atoms with E-state index in [1.54, 1.807) is 0 Å². The summed E-state index contributed by atoms with van der Waals surface area (Å²) in [5.41, 5.74) is 1.35. The zero-order chi connectivity index (χ0) is 17.2. The number of hydrogen-bond donors (Lipinski definition) is 3. The van der Waals surface area contributed by atoms with Gasteiger partial charge in [-0.2, -0.15) is 0 Å². The molecule has 2 atom stereocenters. The molecule has 0 bridgehead atoms. The second kappa shape index (κ2) is 12.5. The molecule has 25 heavy (non-hydrogen) atoms. The van der Waals surface area contributed by atoms with Gasteiger partial charge in [-0.25, -0.2) is 0 Å². The molecule has 0 aliphatic carbocycles. The van der Waals surface area contributed by atoms with Crippen molar-refractivity contribution >= 4 is 29.9 Å². The van der Waals surface area contributed by atoms with Crippen LogP contribution >= 0.6 is 24.0 Å². The number of aliphatic imine (C=N–C) groups is 1. The van der Waals surface area contributed by atoms with Gasteiger partial charge in [-0.3, -0.25) is 9.89 Å². The average Bonchev–Trinajstić information content (AvgIpc) is 3.14. The van der Waals surface area contributed by atoms with Gasteiger partial charge in [0, 0.05) is 26.2 Å². The molecule has 1 aliphatic heterocycles. The molecule has 1 heterocycles. The molecule has 0 aromatic heterocycles. The van der Waals surface area contributed by atoms with Gasteiger partial charge in [0.1, 0.15) is 0 Å². The summed E-state index contributed by atoms with van der Waals surface area (Å²) in [5, 5.41) is 16.0. The quantitative estimate of drug-likeness (QED) is 0.317. The van der Waals surface area contributed by atoms with Gasteiger partial charge < -0.3 is 15.7 Å². The van der Waals surface area contributed by atoms with Gasteiger partial charge in [-0.15, -0.1) is 24.0 Å². The molecular weight excluding hydrogens is 427 g/mol. The van der Waals surface area contributed by atoms with E-state index in [1.165, 1.54) is 18.4 Å². The highest BCUT2D eigenvalue weighted by molar-refractivity contribution is 14.0. The van der Waals surface area contributed by atoms with Crippen LogP contribution < -0.4 is 10.6 Å². The number of likely N-dealkylation sites (tertiary alicyclic amines) is 1. The van der Waals surface area contributed by atoms with Gasteiger partial charge in [0.25, 0.3) is 0 Å². The molecule has 2 rings (SSSR count). The number of aliphatic hydroxyl groups is 1. The van der Waals surface area contributed by atoms with Crippen molar-refractivity contribution < 1.29 is 5.11 Å². The summed E-state index contributed by atoms with van der Waals surface area (Å²) < 4.78 is 0. The fourth-order valence-corrected chi connectivity index (χ4v) is 3.03. The molecule has 1 aromatic carbocycles. The molecule has 3 N–H and O–H groups in total. The van der Waals surface area contributed by atoms with Crippen LogP contribution in [0.1, 0.15) is 38.3 Å². The Hall–Kier alpha value is -0.860. The summed E-state index contributed by atoms with van der Waals surface area (Å²) in [5.74, 6) is 1.02. The highest BCUT2D eigenvalue weighted by Crippen LogP contribution is 2.24. The lowest BCUT2D eigenvalue weighted by Crippen LogP contribution is -2.43. The van der Waals surface area contributed by atoms with Crippen molar-refractivity contribution in [2.24, 2.45) is 10.9 Å². The highest BCUT2D eigenvalue weighted by atomic mass is 127. The maximum absolute atomic E-state index is 9.17. The first-order valence-corrected chi connectivity index (χ1v) is 9.16. The van der Waals surface area contributed by atoms with Crippen molar-refractivity contribution in [3.8, 4) is 0 Å². The smallest absolute Gasteiger partial charge is 0.191 e. The first kappa shape index (κ1) is 22.2. The Labute approximate surface area is 169 Å². The summed E-state index contributed by atoms with van der Waals surface area (Å²) in [6.45, 7) is 8.87. The maximum Gasteiger partial charge on any atom is 0.191 e. The van der Waals surface area contributed by atoms with Crippen LogP contribution in [0.25, 0.3) is 0 Å². The minimum absolute atomic E-state index is 0. The minimum Gasteiger partial charge on any atom is -0.396 e. The van der Waals surface area contributed by atoms with E-state index in [-0.39, 0.29) is 36.5 Å². The lowest BCUT2D eigenvalue weighted by atomic mass is 10.1. The number of benzene rings is 1. The van der Waals surface area contributed by atoms with Crippen molar-refractivity contribution in [3.63, 3.8) is 0 Å². The fourth-order valence-electron chi connectivity index (χ4n) is 3.03. The Morgan fingerprint density at radius 3 is 2.48 bits per heavy atom. The average molecular weight is 460 g/mol. The summed E-state index contributed by atoms with van der Waals surface area (Å²) >= 11 is 0. The fraction of sp³-hybridized carbons (Fsp3) is 0.632. The van der Waals surface area contributed by atoms with Gasteiger partial charge >= 0.3 is 0 Å². The molecule has 0 radical (unpaired) electrons. The molecule has 142 valence electrons. The standard InChI is InChI=1S/C19H32N4O.HI/c1-3-20-19(21-13-16(2)15-24)22-14-18(23-11-7-8-12-23)17-9-5-4-6-10-17;/h4-6,9-10,16,18,24H,3,7-8,11-15H2,1-2H3,(H2,20,21,22);1H. The number of nitrogens with zero attached hydrogens (tertiary/aromatic N) is 2. The minimum atomic E-state index is 0. The van der Waals surface area contributed by atoms with E-state index in [2.05, 4.69) is 57.8 Å². The van der Waals surface area contributed by atoms with Crippen LogP contribution in [0, 0.1) is 5.92 Å². The summed E-state index contributed by atoms with van der Waals surface area (Å²) in [6, 6.07) is 11.1. The Morgan fingerprint density at radius 1 is 1.20 bits per heavy atom. The Bertz CT molecular complexity index is 491. The van der Waals surface area contributed by atoms with E-state index in [9.17, 15) is 5.11 Å².